The Morgan fingerprint density at radius 3 is 2.75 bits per heavy atom. The molecule has 6 nitrogen and oxygen atoms in total. The molecule has 0 spiro atoms. The zero-order valence-electron chi connectivity index (χ0n) is 9.58. The number of nitrogens with zero attached hydrogens (tertiary/aromatic N) is 1. The predicted molar refractivity (Wildman–Crippen MR) is 60.9 cm³/mol. The molecule has 16 heavy (non-hydrogen) atoms. The number of primary amides is 1. The molecule has 0 unspecified atom stereocenters. The molecule has 6 heteroatoms. The maximum Gasteiger partial charge on any atom is 0.404 e. The number of hydrogen-bond donors (Lipinski definition) is 2. The molecule has 0 aromatic carbocycles. The number of carbonyl (C=O) groups excluding carboxylic acids is 1. The van der Waals surface area contributed by atoms with E-state index in [1.54, 1.807) is 13.8 Å². The number of rotatable bonds is 7. The quantitative estimate of drug-likeness (QED) is 0.279. The number of oxime groups is 1. The standard InChI is InChI=1S/C10H17N3O3/c1-3-4-9(2)13-16-8-6-12-5-7-15-10(11)14/h12H,5-8H2,1-2H3,(H2,11,14)/b13-9-. The highest BCUT2D eigenvalue weighted by molar-refractivity contribution is 5.97. The average Bonchev–Trinajstić information content (AvgIpc) is 2.22. The van der Waals surface area contributed by atoms with Gasteiger partial charge in [-0.3, -0.25) is 0 Å². The smallest absolute Gasteiger partial charge is 0.404 e. The van der Waals surface area contributed by atoms with E-state index in [-0.39, 0.29) is 6.61 Å². The first-order chi connectivity index (χ1) is 7.66. The largest absolute Gasteiger partial charge is 0.448 e. The van der Waals surface area contributed by atoms with Crippen LogP contribution in [0, 0.1) is 11.8 Å². The number of nitrogens with two attached hydrogens (primary N) is 1. The van der Waals surface area contributed by atoms with Gasteiger partial charge in [0.15, 0.2) is 0 Å². The Hall–Kier alpha value is -1.74. The van der Waals surface area contributed by atoms with Crippen molar-refractivity contribution < 1.29 is 14.4 Å². The molecular formula is C10H17N3O3. The van der Waals surface area contributed by atoms with Crippen molar-refractivity contribution >= 4 is 11.8 Å². The molecule has 0 aliphatic heterocycles. The number of nitrogens with one attached hydrogen (secondary N) is 1. The second kappa shape index (κ2) is 9.80. The minimum Gasteiger partial charge on any atom is -0.448 e. The fourth-order valence-electron chi connectivity index (χ4n) is 0.813. The lowest BCUT2D eigenvalue weighted by molar-refractivity contribution is 0.139. The molecule has 0 aromatic rings. The van der Waals surface area contributed by atoms with E-state index in [4.69, 9.17) is 10.6 Å². The van der Waals surface area contributed by atoms with Gasteiger partial charge in [0.05, 0.1) is 0 Å². The molecule has 0 aromatic heterocycles. The minimum absolute atomic E-state index is 0.249. The average molecular weight is 227 g/mol. The summed E-state index contributed by atoms with van der Waals surface area (Å²) in [4.78, 5) is 15.2. The van der Waals surface area contributed by atoms with Crippen LogP contribution in [-0.2, 0) is 9.57 Å². The van der Waals surface area contributed by atoms with Crippen LogP contribution in [0.15, 0.2) is 5.16 Å². The molecule has 0 heterocycles. The first kappa shape index (κ1) is 14.3. The maximum absolute atomic E-state index is 10.2. The Kier molecular flexibility index (Phi) is 8.74. The summed E-state index contributed by atoms with van der Waals surface area (Å²) in [6, 6.07) is 0. The SMILES string of the molecule is CC#C/C(C)=N\OCCNCCOC(N)=O. The minimum atomic E-state index is -0.767. The van der Waals surface area contributed by atoms with Crippen LogP contribution >= 0.6 is 0 Å². The lowest BCUT2D eigenvalue weighted by atomic mass is 10.4. The van der Waals surface area contributed by atoms with Crippen molar-refractivity contribution in [2.45, 2.75) is 13.8 Å². The lowest BCUT2D eigenvalue weighted by Crippen LogP contribution is -2.26. The van der Waals surface area contributed by atoms with E-state index in [0.717, 1.165) is 0 Å². The number of carbonyl (C=O) groups is 1. The van der Waals surface area contributed by atoms with Gasteiger partial charge >= 0.3 is 6.09 Å². The first-order valence-corrected chi connectivity index (χ1v) is 4.89. The summed E-state index contributed by atoms with van der Waals surface area (Å²) < 4.78 is 4.51. The fraction of sp³-hybridized carbons (Fsp3) is 0.600. The second-order valence-electron chi connectivity index (χ2n) is 2.80. The third-order valence-corrected chi connectivity index (χ3v) is 1.40. The molecule has 0 radical (unpaired) electrons. The molecule has 1 amide bonds. The summed E-state index contributed by atoms with van der Waals surface area (Å²) in [6.45, 7) is 5.32. The van der Waals surface area contributed by atoms with Gasteiger partial charge < -0.3 is 20.6 Å². The third kappa shape index (κ3) is 10.3. The molecule has 0 rings (SSSR count). The van der Waals surface area contributed by atoms with Crippen molar-refractivity contribution in [2.75, 3.05) is 26.3 Å². The Labute approximate surface area is 95.2 Å². The Bertz CT molecular complexity index is 291. The molecule has 0 aliphatic rings. The summed E-state index contributed by atoms with van der Waals surface area (Å²) in [5.74, 6) is 5.46. The van der Waals surface area contributed by atoms with Crippen molar-refractivity contribution in [1.29, 1.82) is 0 Å². The Morgan fingerprint density at radius 2 is 2.12 bits per heavy atom. The van der Waals surface area contributed by atoms with E-state index in [9.17, 15) is 4.79 Å². The Morgan fingerprint density at radius 1 is 1.44 bits per heavy atom. The predicted octanol–water partition coefficient (Wildman–Crippen LogP) is 0.0871. The van der Waals surface area contributed by atoms with Gasteiger partial charge in [0.2, 0.25) is 0 Å². The van der Waals surface area contributed by atoms with E-state index >= 15 is 0 Å². The highest BCUT2D eigenvalue weighted by atomic mass is 16.6. The monoisotopic (exact) mass is 227 g/mol. The van der Waals surface area contributed by atoms with Gasteiger partial charge in [0.1, 0.15) is 18.9 Å². The summed E-state index contributed by atoms with van der Waals surface area (Å²) in [6.07, 6.45) is -0.767. The fourth-order valence-corrected chi connectivity index (χ4v) is 0.813. The molecule has 0 atom stereocenters. The molecule has 90 valence electrons. The van der Waals surface area contributed by atoms with Gasteiger partial charge in [0.25, 0.3) is 0 Å². The van der Waals surface area contributed by atoms with Crippen LogP contribution in [0.3, 0.4) is 0 Å². The Balaban J connectivity index is 3.30. The van der Waals surface area contributed by atoms with Gasteiger partial charge in [-0.1, -0.05) is 11.1 Å². The molecule has 0 fully saturated rings. The first-order valence-electron chi connectivity index (χ1n) is 4.89. The van der Waals surface area contributed by atoms with Gasteiger partial charge in [0, 0.05) is 13.1 Å². The molecule has 3 N–H and O–H groups in total. The third-order valence-electron chi connectivity index (χ3n) is 1.40. The molecule has 0 saturated carbocycles. The van der Waals surface area contributed by atoms with Crippen molar-refractivity contribution in [2.24, 2.45) is 10.9 Å². The van der Waals surface area contributed by atoms with Crippen LogP contribution in [0.4, 0.5) is 4.79 Å². The summed E-state index contributed by atoms with van der Waals surface area (Å²) >= 11 is 0. The van der Waals surface area contributed by atoms with Crippen LogP contribution < -0.4 is 11.1 Å². The van der Waals surface area contributed by atoms with E-state index in [0.29, 0.717) is 25.4 Å². The van der Waals surface area contributed by atoms with Crippen LogP contribution in [-0.4, -0.2) is 38.1 Å². The number of hydrogen-bond acceptors (Lipinski definition) is 5. The molecule has 0 bridgehead atoms. The summed E-state index contributed by atoms with van der Waals surface area (Å²) in [7, 11) is 0. The van der Waals surface area contributed by atoms with Crippen molar-refractivity contribution in [3.63, 3.8) is 0 Å². The van der Waals surface area contributed by atoms with Crippen molar-refractivity contribution in [3.05, 3.63) is 0 Å². The zero-order valence-corrected chi connectivity index (χ0v) is 9.58. The van der Waals surface area contributed by atoms with Crippen LogP contribution in [0.2, 0.25) is 0 Å². The van der Waals surface area contributed by atoms with Gasteiger partial charge in [-0.2, -0.15) is 0 Å². The molecular weight excluding hydrogens is 210 g/mol. The normalized spacial score (nSPS) is 10.2. The van der Waals surface area contributed by atoms with E-state index in [1.807, 2.05) is 0 Å². The van der Waals surface area contributed by atoms with E-state index in [2.05, 4.69) is 27.1 Å². The summed E-state index contributed by atoms with van der Waals surface area (Å²) in [5.41, 5.74) is 5.41. The molecule has 0 saturated heterocycles. The van der Waals surface area contributed by atoms with Gasteiger partial charge in [-0.05, 0) is 19.8 Å². The topological polar surface area (TPSA) is 85.9 Å². The summed E-state index contributed by atoms with van der Waals surface area (Å²) in [5, 5.41) is 6.74. The number of ether oxygens (including phenoxy) is 1. The zero-order chi connectivity index (χ0) is 12.2. The lowest BCUT2D eigenvalue weighted by Gasteiger charge is -2.03. The van der Waals surface area contributed by atoms with Crippen molar-refractivity contribution in [1.82, 2.24) is 5.32 Å². The van der Waals surface area contributed by atoms with Crippen LogP contribution in [0.1, 0.15) is 13.8 Å². The number of amides is 1. The van der Waals surface area contributed by atoms with Crippen molar-refractivity contribution in [3.8, 4) is 11.8 Å². The second-order valence-corrected chi connectivity index (χ2v) is 2.80. The van der Waals surface area contributed by atoms with E-state index in [1.165, 1.54) is 0 Å². The van der Waals surface area contributed by atoms with Crippen LogP contribution in [0.25, 0.3) is 0 Å². The highest BCUT2D eigenvalue weighted by Crippen LogP contribution is 1.79. The highest BCUT2D eigenvalue weighted by Gasteiger charge is 1.92. The van der Waals surface area contributed by atoms with Crippen LogP contribution in [0.5, 0.6) is 0 Å². The molecule has 0 aliphatic carbocycles. The van der Waals surface area contributed by atoms with Gasteiger partial charge in [-0.15, -0.1) is 0 Å². The van der Waals surface area contributed by atoms with E-state index < -0.39 is 6.09 Å². The maximum atomic E-state index is 10.2. The van der Waals surface area contributed by atoms with Gasteiger partial charge in [-0.25, -0.2) is 4.79 Å².